The second-order valence-electron chi connectivity index (χ2n) is 4.34. The van der Waals surface area contributed by atoms with Gasteiger partial charge in [0.05, 0.1) is 12.7 Å². The number of halogens is 1. The van der Waals surface area contributed by atoms with E-state index in [0.29, 0.717) is 35.7 Å². The molecular formula is C13H14ClNO4. The summed E-state index contributed by atoms with van der Waals surface area (Å²) in [6.07, 6.45) is 1.18. The molecule has 102 valence electrons. The number of nitrogens with zero attached hydrogens (tertiary/aromatic N) is 1. The van der Waals surface area contributed by atoms with Gasteiger partial charge >= 0.3 is 5.97 Å². The van der Waals surface area contributed by atoms with E-state index in [0.717, 1.165) is 0 Å². The fourth-order valence-electron chi connectivity index (χ4n) is 2.26. The average Bonchev–Trinajstić information content (AvgIpc) is 2.87. The number of carboxylic acids is 1. The third-order valence-corrected chi connectivity index (χ3v) is 3.43. The van der Waals surface area contributed by atoms with Crippen molar-refractivity contribution in [2.75, 3.05) is 13.7 Å². The Hall–Kier alpha value is -1.75. The van der Waals surface area contributed by atoms with Crippen LogP contribution in [0.2, 0.25) is 5.02 Å². The molecule has 1 heterocycles. The number of aliphatic carboxylic acids is 1. The summed E-state index contributed by atoms with van der Waals surface area (Å²) >= 11 is 5.84. The zero-order chi connectivity index (χ0) is 14.0. The summed E-state index contributed by atoms with van der Waals surface area (Å²) in [6.45, 7) is 0.446. The van der Waals surface area contributed by atoms with E-state index in [-0.39, 0.29) is 5.91 Å². The van der Waals surface area contributed by atoms with Gasteiger partial charge in [0.2, 0.25) is 0 Å². The second-order valence-corrected chi connectivity index (χ2v) is 4.78. The standard InChI is InChI=1S/C13H14ClNO4/c1-19-11-7-8(14)4-5-9(11)12(16)15-6-2-3-10(15)13(17)18/h4-5,7,10H,2-3,6H2,1H3,(H,17,18)/t10-/m0/s1. The van der Waals surface area contributed by atoms with Crippen molar-refractivity contribution in [1.29, 1.82) is 0 Å². The first-order chi connectivity index (χ1) is 9.04. The van der Waals surface area contributed by atoms with Crippen LogP contribution in [0, 0.1) is 0 Å². The van der Waals surface area contributed by atoms with Gasteiger partial charge in [0, 0.05) is 11.6 Å². The molecule has 6 heteroatoms. The highest BCUT2D eigenvalue weighted by Gasteiger charge is 2.35. The van der Waals surface area contributed by atoms with Gasteiger partial charge in [0.15, 0.2) is 0 Å². The molecule has 0 saturated carbocycles. The molecular weight excluding hydrogens is 270 g/mol. The number of rotatable bonds is 3. The van der Waals surface area contributed by atoms with Gasteiger partial charge in [0.1, 0.15) is 11.8 Å². The minimum atomic E-state index is -0.973. The molecule has 1 aliphatic heterocycles. The fraction of sp³-hybridized carbons (Fsp3) is 0.385. The number of methoxy groups -OCH3 is 1. The summed E-state index contributed by atoms with van der Waals surface area (Å²) in [6, 6.07) is 3.93. The molecule has 1 amide bonds. The molecule has 1 atom stereocenters. The third kappa shape index (κ3) is 2.66. The Labute approximate surface area is 115 Å². The largest absolute Gasteiger partial charge is 0.496 e. The molecule has 1 saturated heterocycles. The van der Waals surface area contributed by atoms with Crippen molar-refractivity contribution >= 4 is 23.5 Å². The zero-order valence-corrected chi connectivity index (χ0v) is 11.2. The van der Waals surface area contributed by atoms with Crippen LogP contribution in [0.5, 0.6) is 5.75 Å². The number of carbonyl (C=O) groups is 2. The predicted molar refractivity (Wildman–Crippen MR) is 69.7 cm³/mol. The lowest BCUT2D eigenvalue weighted by atomic mass is 10.1. The van der Waals surface area contributed by atoms with Crippen LogP contribution in [0.15, 0.2) is 18.2 Å². The molecule has 2 rings (SSSR count). The van der Waals surface area contributed by atoms with Crippen molar-refractivity contribution < 1.29 is 19.4 Å². The summed E-state index contributed by atoms with van der Waals surface area (Å²) < 4.78 is 5.12. The Morgan fingerprint density at radius 3 is 2.84 bits per heavy atom. The Morgan fingerprint density at radius 1 is 1.47 bits per heavy atom. The molecule has 0 aliphatic carbocycles. The highest BCUT2D eigenvalue weighted by Crippen LogP contribution is 2.27. The molecule has 0 aromatic heterocycles. The lowest BCUT2D eigenvalue weighted by Crippen LogP contribution is -2.40. The van der Waals surface area contributed by atoms with E-state index in [1.165, 1.54) is 12.0 Å². The number of ether oxygens (including phenoxy) is 1. The van der Waals surface area contributed by atoms with Crippen molar-refractivity contribution in [3.8, 4) is 5.75 Å². The van der Waals surface area contributed by atoms with Gasteiger partial charge in [-0.25, -0.2) is 4.79 Å². The Morgan fingerprint density at radius 2 is 2.21 bits per heavy atom. The molecule has 1 aromatic rings. The van der Waals surface area contributed by atoms with Crippen LogP contribution >= 0.6 is 11.6 Å². The normalized spacial score (nSPS) is 18.4. The molecule has 1 aliphatic rings. The lowest BCUT2D eigenvalue weighted by molar-refractivity contribution is -0.141. The van der Waals surface area contributed by atoms with E-state index in [4.69, 9.17) is 21.4 Å². The average molecular weight is 284 g/mol. The molecule has 19 heavy (non-hydrogen) atoms. The van der Waals surface area contributed by atoms with Crippen LogP contribution in [0.25, 0.3) is 0 Å². The van der Waals surface area contributed by atoms with Gasteiger partial charge in [-0.05, 0) is 31.0 Å². The van der Waals surface area contributed by atoms with Crippen molar-refractivity contribution in [1.82, 2.24) is 4.90 Å². The van der Waals surface area contributed by atoms with Crippen LogP contribution < -0.4 is 4.74 Å². The number of hydrogen-bond acceptors (Lipinski definition) is 3. The SMILES string of the molecule is COc1cc(Cl)ccc1C(=O)N1CCC[C@H]1C(=O)O. The predicted octanol–water partition coefficient (Wildman–Crippen LogP) is 2.04. The van der Waals surface area contributed by atoms with E-state index < -0.39 is 12.0 Å². The van der Waals surface area contributed by atoms with Gasteiger partial charge in [0.25, 0.3) is 5.91 Å². The smallest absolute Gasteiger partial charge is 0.326 e. The topological polar surface area (TPSA) is 66.8 Å². The van der Waals surface area contributed by atoms with Crippen LogP contribution in [0.4, 0.5) is 0 Å². The molecule has 0 bridgehead atoms. The maximum Gasteiger partial charge on any atom is 0.326 e. The fourth-order valence-corrected chi connectivity index (χ4v) is 2.43. The maximum atomic E-state index is 12.4. The van der Waals surface area contributed by atoms with Crippen LogP contribution in [0.3, 0.4) is 0 Å². The summed E-state index contributed by atoms with van der Waals surface area (Å²) in [5.74, 6) is -0.953. The van der Waals surface area contributed by atoms with Crippen molar-refractivity contribution in [3.05, 3.63) is 28.8 Å². The first-order valence-corrected chi connectivity index (χ1v) is 6.29. The van der Waals surface area contributed by atoms with Gasteiger partial charge in [-0.3, -0.25) is 4.79 Å². The van der Waals surface area contributed by atoms with Gasteiger partial charge < -0.3 is 14.7 Å². The Kier molecular flexibility index (Phi) is 3.95. The highest BCUT2D eigenvalue weighted by molar-refractivity contribution is 6.30. The molecule has 5 nitrogen and oxygen atoms in total. The van der Waals surface area contributed by atoms with Gasteiger partial charge in [-0.2, -0.15) is 0 Å². The first kappa shape index (κ1) is 13.7. The van der Waals surface area contributed by atoms with Crippen molar-refractivity contribution in [2.24, 2.45) is 0 Å². The minimum Gasteiger partial charge on any atom is -0.496 e. The van der Waals surface area contributed by atoms with Gasteiger partial charge in [-0.15, -0.1) is 0 Å². The number of hydrogen-bond donors (Lipinski definition) is 1. The van der Waals surface area contributed by atoms with E-state index in [2.05, 4.69) is 0 Å². The maximum absolute atomic E-state index is 12.4. The van der Waals surface area contributed by atoms with E-state index >= 15 is 0 Å². The number of carboxylic acid groups (broad SMARTS) is 1. The molecule has 1 aromatic carbocycles. The van der Waals surface area contributed by atoms with Crippen LogP contribution in [-0.2, 0) is 4.79 Å². The second kappa shape index (κ2) is 5.48. The van der Waals surface area contributed by atoms with Crippen LogP contribution in [-0.4, -0.2) is 41.6 Å². The van der Waals surface area contributed by atoms with Crippen molar-refractivity contribution in [3.63, 3.8) is 0 Å². The van der Waals surface area contributed by atoms with E-state index in [1.807, 2.05) is 0 Å². The highest BCUT2D eigenvalue weighted by atomic mass is 35.5. The quantitative estimate of drug-likeness (QED) is 0.922. The van der Waals surface area contributed by atoms with Crippen molar-refractivity contribution in [2.45, 2.75) is 18.9 Å². The summed E-state index contributed by atoms with van der Waals surface area (Å²) in [4.78, 5) is 24.9. The van der Waals surface area contributed by atoms with E-state index in [1.54, 1.807) is 18.2 Å². The molecule has 0 spiro atoms. The molecule has 0 radical (unpaired) electrons. The molecule has 1 N–H and O–H groups in total. The summed E-state index contributed by atoms with van der Waals surface area (Å²) in [5.41, 5.74) is 0.333. The van der Waals surface area contributed by atoms with Crippen LogP contribution in [0.1, 0.15) is 23.2 Å². The first-order valence-electron chi connectivity index (χ1n) is 5.92. The Bertz CT molecular complexity index is 517. The zero-order valence-electron chi connectivity index (χ0n) is 10.4. The third-order valence-electron chi connectivity index (χ3n) is 3.19. The molecule has 1 fully saturated rings. The monoisotopic (exact) mass is 283 g/mol. The summed E-state index contributed by atoms with van der Waals surface area (Å²) in [7, 11) is 1.45. The molecule has 0 unspecified atom stereocenters. The van der Waals surface area contributed by atoms with E-state index in [9.17, 15) is 9.59 Å². The number of benzene rings is 1. The lowest BCUT2D eigenvalue weighted by Gasteiger charge is -2.22. The van der Waals surface area contributed by atoms with Gasteiger partial charge in [-0.1, -0.05) is 11.6 Å². The number of carbonyl (C=O) groups excluding carboxylic acids is 1. The minimum absolute atomic E-state index is 0.333. The Balaban J connectivity index is 2.31. The number of amides is 1. The summed E-state index contributed by atoms with van der Waals surface area (Å²) in [5, 5.41) is 9.57. The number of likely N-dealkylation sites (tertiary alicyclic amines) is 1.